The van der Waals surface area contributed by atoms with Crippen LogP contribution in [0.5, 0.6) is 0 Å². The quantitative estimate of drug-likeness (QED) is 0.342. The molecule has 0 aliphatic carbocycles. The monoisotopic (exact) mass is 364 g/mol. The van der Waals surface area contributed by atoms with Gasteiger partial charge in [-0.25, -0.2) is 9.97 Å². The molecule has 0 unspecified atom stereocenters. The summed E-state index contributed by atoms with van der Waals surface area (Å²) in [5, 5.41) is 0.111. The Kier molecular flexibility index (Phi) is 5.80. The van der Waals surface area contributed by atoms with E-state index in [-0.39, 0.29) is 63.1 Å². The van der Waals surface area contributed by atoms with E-state index in [1.165, 1.54) is 20.0 Å². The molecule has 0 radical (unpaired) electrons. The fraction of sp³-hybridized carbons (Fsp3) is 0.462. The molecule has 2 aromatic heterocycles. The number of aryl methyl sites for hydroxylation is 1. The minimum absolute atomic E-state index is 0. The molecule has 118 valence electrons. The van der Waals surface area contributed by atoms with E-state index >= 15 is 0 Å². The fourth-order valence-corrected chi connectivity index (χ4v) is 2.38. The summed E-state index contributed by atoms with van der Waals surface area (Å²) in [5.74, 6) is -3.31. The molecule has 3 heterocycles. The molecule has 1 saturated heterocycles. The standard InChI is InChI=1S/C13H13ClN4O4.K.H/c1-13(2)21-10(19)7(11(20)22-13)3-4-18-6-16-9-8(18)5-15-12(14)17-9;;/h5-7H,3-4H2,1-2H3;;. The first-order valence-electron chi connectivity index (χ1n) is 6.65. The molecule has 0 atom stereocenters. The Morgan fingerprint density at radius 3 is 2.57 bits per heavy atom. The molecule has 1 aliphatic rings. The molecule has 3 rings (SSSR count). The number of fused-ring (bicyclic) bond motifs is 1. The zero-order valence-electron chi connectivity index (χ0n) is 11.9. The number of rotatable bonds is 3. The van der Waals surface area contributed by atoms with E-state index in [2.05, 4.69) is 15.0 Å². The second-order valence-corrected chi connectivity index (χ2v) is 5.71. The molecule has 0 saturated carbocycles. The molecule has 1 fully saturated rings. The first-order valence-corrected chi connectivity index (χ1v) is 7.02. The number of imidazole rings is 1. The van der Waals surface area contributed by atoms with Gasteiger partial charge in [-0.15, -0.1) is 0 Å². The molecular weight excluding hydrogens is 351 g/mol. The second-order valence-electron chi connectivity index (χ2n) is 5.37. The molecule has 1 aliphatic heterocycles. The van der Waals surface area contributed by atoms with Crippen molar-refractivity contribution in [2.45, 2.75) is 32.6 Å². The number of nitrogens with zero attached hydrogens (tertiary/aromatic N) is 4. The van der Waals surface area contributed by atoms with Crippen LogP contribution in [0.3, 0.4) is 0 Å². The molecule has 8 nitrogen and oxygen atoms in total. The van der Waals surface area contributed by atoms with Crippen molar-refractivity contribution in [2.75, 3.05) is 0 Å². The van der Waals surface area contributed by atoms with Gasteiger partial charge in [-0.05, 0) is 18.0 Å². The first kappa shape index (κ1) is 18.8. The normalized spacial score (nSPS) is 17.5. The van der Waals surface area contributed by atoms with Crippen molar-refractivity contribution in [3.63, 3.8) is 0 Å². The number of aromatic nitrogens is 4. The van der Waals surface area contributed by atoms with Crippen LogP contribution in [0.1, 0.15) is 20.3 Å². The number of ether oxygens (including phenoxy) is 2. The van der Waals surface area contributed by atoms with Gasteiger partial charge in [0.15, 0.2) is 11.6 Å². The van der Waals surface area contributed by atoms with Gasteiger partial charge in [0.2, 0.25) is 5.28 Å². The Morgan fingerprint density at radius 2 is 1.91 bits per heavy atom. The molecule has 10 heteroatoms. The van der Waals surface area contributed by atoms with Crippen LogP contribution in [0.4, 0.5) is 0 Å². The summed E-state index contributed by atoms with van der Waals surface area (Å²) < 4.78 is 11.9. The van der Waals surface area contributed by atoms with Crippen molar-refractivity contribution < 1.29 is 19.1 Å². The predicted molar refractivity (Wildman–Crippen MR) is 81.9 cm³/mol. The van der Waals surface area contributed by atoms with E-state index in [4.69, 9.17) is 21.1 Å². The number of halogens is 1. The third kappa shape index (κ3) is 4.09. The van der Waals surface area contributed by atoms with Crippen LogP contribution in [0.15, 0.2) is 12.5 Å². The number of hydrogen-bond donors (Lipinski definition) is 0. The van der Waals surface area contributed by atoms with Crippen LogP contribution in [0.25, 0.3) is 11.2 Å². The molecule has 23 heavy (non-hydrogen) atoms. The van der Waals surface area contributed by atoms with Crippen LogP contribution in [0, 0.1) is 5.92 Å². The summed E-state index contributed by atoms with van der Waals surface area (Å²) in [6, 6.07) is 0. The molecule has 0 spiro atoms. The summed E-state index contributed by atoms with van der Waals surface area (Å²) in [5.41, 5.74) is 1.12. The number of cyclic esters (lactones) is 2. The minimum atomic E-state index is -1.21. The summed E-state index contributed by atoms with van der Waals surface area (Å²) in [7, 11) is 0. The second kappa shape index (κ2) is 7.12. The maximum absolute atomic E-state index is 11.9. The van der Waals surface area contributed by atoms with Gasteiger partial charge in [0, 0.05) is 20.4 Å². The van der Waals surface area contributed by atoms with Crippen molar-refractivity contribution >= 4 is 86.1 Å². The number of hydrogen-bond acceptors (Lipinski definition) is 7. The number of carbonyl (C=O) groups is 2. The van der Waals surface area contributed by atoms with Crippen LogP contribution >= 0.6 is 11.6 Å². The summed E-state index contributed by atoms with van der Waals surface area (Å²) in [4.78, 5) is 35.8. The summed E-state index contributed by atoms with van der Waals surface area (Å²) in [6.07, 6.45) is 3.33. The molecule has 0 bridgehead atoms. The van der Waals surface area contributed by atoms with Crippen molar-refractivity contribution in [2.24, 2.45) is 5.92 Å². The Balaban J connectivity index is 0.00000192. The Morgan fingerprint density at radius 1 is 1.26 bits per heavy atom. The third-order valence-corrected chi connectivity index (χ3v) is 3.45. The molecular formula is C13H14ClKN4O4. The van der Waals surface area contributed by atoms with E-state index in [0.29, 0.717) is 17.7 Å². The van der Waals surface area contributed by atoms with Crippen molar-refractivity contribution in [1.29, 1.82) is 0 Å². The van der Waals surface area contributed by atoms with Gasteiger partial charge >= 0.3 is 63.3 Å². The van der Waals surface area contributed by atoms with Crippen LogP contribution in [-0.2, 0) is 25.6 Å². The molecule has 0 N–H and O–H groups in total. The van der Waals surface area contributed by atoms with Gasteiger partial charge in [0.05, 0.1) is 12.5 Å². The van der Waals surface area contributed by atoms with Crippen molar-refractivity contribution in [1.82, 2.24) is 19.5 Å². The van der Waals surface area contributed by atoms with Gasteiger partial charge in [0.25, 0.3) is 5.79 Å². The zero-order chi connectivity index (χ0) is 15.9. The fourth-order valence-electron chi connectivity index (χ4n) is 2.26. The summed E-state index contributed by atoms with van der Waals surface area (Å²) in [6.45, 7) is 3.41. The van der Waals surface area contributed by atoms with Crippen LogP contribution in [-0.4, -0.2) is 88.6 Å². The SMILES string of the molecule is CC1(C)OC(=O)C(CCn2cnc3nc(Cl)ncc32)C(=O)O1.[KH]. The van der Waals surface area contributed by atoms with E-state index in [0.717, 1.165) is 0 Å². The third-order valence-electron chi connectivity index (χ3n) is 3.27. The zero-order valence-corrected chi connectivity index (χ0v) is 12.7. The Labute approximate surface area is 179 Å². The van der Waals surface area contributed by atoms with E-state index < -0.39 is 23.6 Å². The number of carbonyl (C=O) groups excluding carboxylic acids is 2. The van der Waals surface area contributed by atoms with E-state index in [1.807, 2.05) is 0 Å². The Bertz CT molecular complexity index is 744. The first-order chi connectivity index (χ1) is 10.4. The van der Waals surface area contributed by atoms with E-state index in [9.17, 15) is 9.59 Å². The van der Waals surface area contributed by atoms with Gasteiger partial charge < -0.3 is 14.0 Å². The average molecular weight is 365 g/mol. The summed E-state index contributed by atoms with van der Waals surface area (Å²) >= 11 is 5.70. The van der Waals surface area contributed by atoms with Gasteiger partial charge in [-0.1, -0.05) is 0 Å². The molecule has 0 amide bonds. The topological polar surface area (TPSA) is 96.2 Å². The van der Waals surface area contributed by atoms with Gasteiger partial charge in [0.1, 0.15) is 5.52 Å². The van der Waals surface area contributed by atoms with Crippen molar-refractivity contribution in [3.05, 3.63) is 17.8 Å². The molecule has 2 aromatic rings. The molecule has 0 aromatic carbocycles. The Hall–Kier alpha value is -0.584. The number of esters is 2. The van der Waals surface area contributed by atoms with E-state index in [1.54, 1.807) is 10.9 Å². The van der Waals surface area contributed by atoms with Crippen LogP contribution in [0.2, 0.25) is 5.28 Å². The van der Waals surface area contributed by atoms with Gasteiger partial charge in [-0.2, -0.15) is 4.98 Å². The predicted octanol–water partition coefficient (Wildman–Crippen LogP) is 0.674. The average Bonchev–Trinajstić information content (AvgIpc) is 2.78. The van der Waals surface area contributed by atoms with Crippen molar-refractivity contribution in [3.8, 4) is 0 Å². The maximum atomic E-state index is 11.9. The van der Waals surface area contributed by atoms with Crippen LogP contribution < -0.4 is 0 Å². The van der Waals surface area contributed by atoms with Gasteiger partial charge in [-0.3, -0.25) is 9.59 Å².